The molecule has 1 aliphatic heterocycles. The first-order valence-corrected chi connectivity index (χ1v) is 5.22. The molecule has 0 N–H and O–H groups in total. The van der Waals surface area contributed by atoms with Gasteiger partial charge in [-0.25, -0.2) is 0 Å². The fraction of sp³-hybridized carbons (Fsp3) is 0.500. The highest BCUT2D eigenvalue weighted by Crippen LogP contribution is 2.11. The Kier molecular flexibility index (Phi) is 2.89. The molecule has 0 bridgehead atoms. The van der Waals surface area contributed by atoms with Crippen LogP contribution < -0.4 is 4.90 Å². The van der Waals surface area contributed by atoms with Crippen molar-refractivity contribution in [2.24, 2.45) is 7.05 Å². The lowest BCUT2D eigenvalue weighted by atomic mass is 10.3. The molecule has 0 atom stereocenters. The zero-order chi connectivity index (χ0) is 11.5. The minimum Gasteiger partial charge on any atom is -0.337 e. The molecule has 2 heterocycles. The van der Waals surface area contributed by atoms with Crippen LogP contribution in [0.3, 0.4) is 0 Å². The van der Waals surface area contributed by atoms with Crippen LogP contribution >= 0.6 is 0 Å². The van der Waals surface area contributed by atoms with Gasteiger partial charge in [-0.1, -0.05) is 6.58 Å². The summed E-state index contributed by atoms with van der Waals surface area (Å²) in [5, 5.41) is 7.89. The van der Waals surface area contributed by atoms with Crippen LogP contribution in [0.1, 0.15) is 0 Å². The van der Waals surface area contributed by atoms with Crippen molar-refractivity contribution in [1.82, 2.24) is 19.7 Å². The lowest BCUT2D eigenvalue weighted by Crippen LogP contribution is -2.49. The van der Waals surface area contributed by atoms with Crippen LogP contribution in [-0.4, -0.2) is 51.8 Å². The van der Waals surface area contributed by atoms with Crippen LogP contribution in [0.25, 0.3) is 0 Å². The molecule has 0 aliphatic carbocycles. The van der Waals surface area contributed by atoms with Gasteiger partial charge in [0.2, 0.25) is 11.9 Å². The van der Waals surface area contributed by atoms with E-state index in [1.54, 1.807) is 11.2 Å². The van der Waals surface area contributed by atoms with Gasteiger partial charge in [-0.2, -0.15) is 0 Å². The predicted molar refractivity (Wildman–Crippen MR) is 60.0 cm³/mol. The van der Waals surface area contributed by atoms with Crippen molar-refractivity contribution in [3.05, 3.63) is 19.0 Å². The number of piperazine rings is 1. The summed E-state index contributed by atoms with van der Waals surface area (Å²) in [6, 6.07) is 0. The first-order valence-electron chi connectivity index (χ1n) is 5.22. The van der Waals surface area contributed by atoms with Crippen molar-refractivity contribution in [2.75, 3.05) is 31.1 Å². The molecule has 6 heteroatoms. The smallest absolute Gasteiger partial charge is 0.246 e. The van der Waals surface area contributed by atoms with E-state index in [9.17, 15) is 4.79 Å². The van der Waals surface area contributed by atoms with E-state index in [0.717, 1.165) is 19.0 Å². The molecule has 2 rings (SSSR count). The maximum absolute atomic E-state index is 11.4. The van der Waals surface area contributed by atoms with E-state index in [1.165, 1.54) is 6.08 Å². The van der Waals surface area contributed by atoms with E-state index in [4.69, 9.17) is 0 Å². The lowest BCUT2D eigenvalue weighted by Gasteiger charge is -2.34. The lowest BCUT2D eigenvalue weighted by molar-refractivity contribution is -0.126. The number of carbonyl (C=O) groups is 1. The zero-order valence-corrected chi connectivity index (χ0v) is 9.33. The summed E-state index contributed by atoms with van der Waals surface area (Å²) in [6.45, 7) is 6.47. The van der Waals surface area contributed by atoms with Crippen molar-refractivity contribution in [2.45, 2.75) is 0 Å². The number of amides is 1. The van der Waals surface area contributed by atoms with E-state index in [-0.39, 0.29) is 5.91 Å². The Balaban J connectivity index is 1.98. The van der Waals surface area contributed by atoms with Gasteiger partial charge in [0.05, 0.1) is 0 Å². The number of hydrogen-bond donors (Lipinski definition) is 0. The molecular weight excluding hydrogens is 206 g/mol. The molecule has 0 aromatic carbocycles. The Labute approximate surface area is 94.2 Å². The average Bonchev–Trinajstić information content (AvgIpc) is 2.75. The van der Waals surface area contributed by atoms with Gasteiger partial charge >= 0.3 is 0 Å². The third-order valence-electron chi connectivity index (χ3n) is 2.74. The van der Waals surface area contributed by atoms with Crippen LogP contribution in [0.5, 0.6) is 0 Å². The number of anilines is 1. The van der Waals surface area contributed by atoms with Crippen molar-refractivity contribution >= 4 is 11.9 Å². The van der Waals surface area contributed by atoms with Crippen molar-refractivity contribution in [3.63, 3.8) is 0 Å². The van der Waals surface area contributed by atoms with Gasteiger partial charge in [-0.05, 0) is 6.08 Å². The summed E-state index contributed by atoms with van der Waals surface area (Å²) in [6.07, 6.45) is 3.04. The Morgan fingerprint density at radius 1 is 1.44 bits per heavy atom. The van der Waals surface area contributed by atoms with E-state index in [0.29, 0.717) is 13.1 Å². The summed E-state index contributed by atoms with van der Waals surface area (Å²) in [4.78, 5) is 15.3. The quantitative estimate of drug-likeness (QED) is 0.641. The van der Waals surface area contributed by atoms with Gasteiger partial charge in [-0.15, -0.1) is 10.2 Å². The minimum atomic E-state index is -0.00221. The standard InChI is InChI=1S/C10H15N5O/c1-3-9(16)14-4-6-15(7-5-14)10-12-11-8-13(10)2/h3,8H,1,4-7H2,2H3. The van der Waals surface area contributed by atoms with E-state index >= 15 is 0 Å². The van der Waals surface area contributed by atoms with Crippen LogP contribution in [0, 0.1) is 0 Å². The Bertz CT molecular complexity index is 392. The molecule has 1 saturated heterocycles. The van der Waals surface area contributed by atoms with Crippen LogP contribution in [0.4, 0.5) is 5.95 Å². The van der Waals surface area contributed by atoms with Gasteiger partial charge in [0.15, 0.2) is 0 Å². The first kappa shape index (κ1) is 10.7. The second kappa shape index (κ2) is 4.34. The molecule has 0 spiro atoms. The zero-order valence-electron chi connectivity index (χ0n) is 9.33. The molecule has 6 nitrogen and oxygen atoms in total. The van der Waals surface area contributed by atoms with E-state index in [1.807, 2.05) is 11.6 Å². The molecule has 1 aromatic heterocycles. The molecule has 0 unspecified atom stereocenters. The van der Waals surface area contributed by atoms with Crippen LogP contribution in [-0.2, 0) is 11.8 Å². The fourth-order valence-electron chi connectivity index (χ4n) is 1.82. The third-order valence-corrected chi connectivity index (χ3v) is 2.74. The maximum Gasteiger partial charge on any atom is 0.246 e. The van der Waals surface area contributed by atoms with Crippen LogP contribution in [0.2, 0.25) is 0 Å². The van der Waals surface area contributed by atoms with Crippen molar-refractivity contribution in [1.29, 1.82) is 0 Å². The number of carbonyl (C=O) groups excluding carboxylic acids is 1. The molecule has 86 valence electrons. The fourth-order valence-corrected chi connectivity index (χ4v) is 1.82. The molecule has 1 amide bonds. The monoisotopic (exact) mass is 221 g/mol. The molecule has 0 radical (unpaired) electrons. The average molecular weight is 221 g/mol. The summed E-state index contributed by atoms with van der Waals surface area (Å²) >= 11 is 0. The molecular formula is C10H15N5O. The third kappa shape index (κ3) is 1.91. The number of hydrogen-bond acceptors (Lipinski definition) is 4. The van der Waals surface area contributed by atoms with Crippen molar-refractivity contribution < 1.29 is 4.79 Å². The maximum atomic E-state index is 11.4. The van der Waals surface area contributed by atoms with E-state index in [2.05, 4.69) is 21.7 Å². The topological polar surface area (TPSA) is 54.3 Å². The van der Waals surface area contributed by atoms with Crippen LogP contribution in [0.15, 0.2) is 19.0 Å². The minimum absolute atomic E-state index is 0.00221. The SMILES string of the molecule is C=CC(=O)N1CCN(c2nncn2C)CC1. The van der Waals surface area contributed by atoms with Gasteiger partial charge in [0, 0.05) is 33.2 Å². The number of aromatic nitrogens is 3. The normalized spacial score (nSPS) is 16.3. The van der Waals surface area contributed by atoms with Crippen molar-refractivity contribution in [3.8, 4) is 0 Å². The number of nitrogens with zero attached hydrogens (tertiary/aromatic N) is 5. The molecule has 1 aliphatic rings. The highest BCUT2D eigenvalue weighted by atomic mass is 16.2. The Morgan fingerprint density at radius 2 is 2.12 bits per heavy atom. The molecule has 0 saturated carbocycles. The number of rotatable bonds is 2. The predicted octanol–water partition coefficient (Wildman–Crippen LogP) is -0.350. The number of aryl methyl sites for hydroxylation is 1. The molecule has 1 fully saturated rings. The van der Waals surface area contributed by atoms with E-state index < -0.39 is 0 Å². The second-order valence-electron chi connectivity index (χ2n) is 3.76. The summed E-state index contributed by atoms with van der Waals surface area (Å²) in [5.74, 6) is 0.850. The second-order valence-corrected chi connectivity index (χ2v) is 3.76. The molecule has 1 aromatic rings. The van der Waals surface area contributed by atoms with Gasteiger partial charge in [0.1, 0.15) is 6.33 Å². The highest BCUT2D eigenvalue weighted by Gasteiger charge is 2.21. The Morgan fingerprint density at radius 3 is 2.62 bits per heavy atom. The van der Waals surface area contributed by atoms with Gasteiger partial charge in [-0.3, -0.25) is 4.79 Å². The largest absolute Gasteiger partial charge is 0.337 e. The first-order chi connectivity index (χ1) is 7.72. The summed E-state index contributed by atoms with van der Waals surface area (Å²) < 4.78 is 1.88. The van der Waals surface area contributed by atoms with Gasteiger partial charge in [0.25, 0.3) is 0 Å². The Hall–Kier alpha value is -1.85. The summed E-state index contributed by atoms with van der Waals surface area (Å²) in [5.41, 5.74) is 0. The van der Waals surface area contributed by atoms with Gasteiger partial charge < -0.3 is 14.4 Å². The highest BCUT2D eigenvalue weighted by molar-refractivity contribution is 5.87. The summed E-state index contributed by atoms with van der Waals surface area (Å²) in [7, 11) is 1.91. The molecule has 16 heavy (non-hydrogen) atoms.